The summed E-state index contributed by atoms with van der Waals surface area (Å²) in [5.41, 5.74) is 0. The highest BCUT2D eigenvalue weighted by Gasteiger charge is 2.26. The molecule has 0 bridgehead atoms. The molecule has 1 aromatic rings. The van der Waals surface area contributed by atoms with Gasteiger partial charge in [0.25, 0.3) is 0 Å². The van der Waals surface area contributed by atoms with Crippen LogP contribution in [0.4, 0.5) is 5.82 Å². The van der Waals surface area contributed by atoms with Crippen LogP contribution in [0, 0.1) is 6.92 Å². The largest absolute Gasteiger partial charge is 0.360 e. The average molecular weight is 351 g/mol. The second kappa shape index (κ2) is 9.53. The van der Waals surface area contributed by atoms with Crippen molar-refractivity contribution in [3.63, 3.8) is 0 Å². The van der Waals surface area contributed by atoms with Crippen LogP contribution in [-0.2, 0) is 9.59 Å². The van der Waals surface area contributed by atoms with Crippen LogP contribution in [0.5, 0.6) is 0 Å². The molecule has 1 aliphatic heterocycles. The zero-order chi connectivity index (χ0) is 18.2. The number of rotatable bonds is 8. The molecule has 1 aromatic heterocycles. The van der Waals surface area contributed by atoms with Crippen molar-refractivity contribution in [3.8, 4) is 0 Å². The summed E-state index contributed by atoms with van der Waals surface area (Å²) >= 11 is 0. The van der Waals surface area contributed by atoms with E-state index in [1.54, 1.807) is 13.0 Å². The number of amides is 2. The van der Waals surface area contributed by atoms with Crippen LogP contribution in [0.1, 0.15) is 32.4 Å². The molecule has 2 heterocycles. The predicted octanol–water partition coefficient (Wildman–Crippen LogP) is 0.844. The van der Waals surface area contributed by atoms with Gasteiger partial charge in [-0.25, -0.2) is 0 Å². The van der Waals surface area contributed by atoms with Gasteiger partial charge in [-0.1, -0.05) is 18.5 Å². The molecule has 0 spiro atoms. The number of carbonyl (C=O) groups excluding carboxylic acids is 2. The summed E-state index contributed by atoms with van der Waals surface area (Å²) < 4.78 is 4.93. The first-order valence-electron chi connectivity index (χ1n) is 8.97. The highest BCUT2D eigenvalue weighted by molar-refractivity contribution is 5.91. The smallest absolute Gasteiger partial charge is 0.239 e. The minimum atomic E-state index is -0.133. The zero-order valence-electron chi connectivity index (χ0n) is 15.4. The number of unbranched alkanes of at least 4 members (excludes halogenated alkanes) is 1. The molecular weight excluding hydrogens is 322 g/mol. The summed E-state index contributed by atoms with van der Waals surface area (Å²) in [7, 11) is 0. The molecule has 0 aliphatic carbocycles. The number of hydrogen-bond donors (Lipinski definition) is 2. The fourth-order valence-corrected chi connectivity index (χ4v) is 2.82. The molecule has 140 valence electrons. The van der Waals surface area contributed by atoms with Gasteiger partial charge in [-0.15, -0.1) is 0 Å². The Hall–Kier alpha value is -1.93. The minimum absolute atomic E-state index is 0.0843. The molecule has 8 heteroatoms. The van der Waals surface area contributed by atoms with Crippen molar-refractivity contribution >= 4 is 17.6 Å². The van der Waals surface area contributed by atoms with E-state index < -0.39 is 0 Å². The van der Waals surface area contributed by atoms with E-state index in [1.807, 2.05) is 6.92 Å². The second-order valence-corrected chi connectivity index (χ2v) is 6.50. The molecule has 25 heavy (non-hydrogen) atoms. The normalized spacial score (nSPS) is 17.2. The van der Waals surface area contributed by atoms with E-state index in [9.17, 15) is 9.59 Å². The molecule has 1 aliphatic rings. The number of hydrogen-bond acceptors (Lipinski definition) is 6. The van der Waals surface area contributed by atoms with E-state index in [1.165, 1.54) is 0 Å². The van der Waals surface area contributed by atoms with Gasteiger partial charge in [-0.3, -0.25) is 19.4 Å². The van der Waals surface area contributed by atoms with Gasteiger partial charge in [0.15, 0.2) is 5.82 Å². The molecule has 2 N–H and O–H groups in total. The number of aryl methyl sites for hydroxylation is 1. The first-order chi connectivity index (χ1) is 12.0. The molecule has 0 saturated carbocycles. The third-order valence-corrected chi connectivity index (χ3v) is 4.43. The molecule has 2 amide bonds. The van der Waals surface area contributed by atoms with Gasteiger partial charge in [0.2, 0.25) is 11.8 Å². The molecule has 2 rings (SSSR count). The Labute approximate surface area is 148 Å². The highest BCUT2D eigenvalue weighted by Crippen LogP contribution is 2.09. The Kier molecular flexibility index (Phi) is 7.39. The SMILES string of the molecule is CCCCNC(=O)C(C)N1CCN(CC(=O)Nc2cc(C)on2)CC1. The van der Waals surface area contributed by atoms with Gasteiger partial charge in [-0.2, -0.15) is 0 Å². The molecule has 1 atom stereocenters. The molecule has 0 aromatic carbocycles. The van der Waals surface area contributed by atoms with E-state index in [0.29, 0.717) is 18.1 Å². The standard InChI is InChI=1S/C17H29N5O3/c1-4-5-6-18-17(24)14(3)22-9-7-21(8-10-22)12-16(23)19-15-11-13(2)25-20-15/h11,14H,4-10,12H2,1-3H3,(H,18,24)(H,19,20,23). The number of aromatic nitrogens is 1. The third-order valence-electron chi connectivity index (χ3n) is 4.43. The number of carbonyl (C=O) groups is 2. The van der Waals surface area contributed by atoms with Crippen molar-refractivity contribution in [3.05, 3.63) is 11.8 Å². The van der Waals surface area contributed by atoms with Crippen molar-refractivity contribution in [2.24, 2.45) is 0 Å². The van der Waals surface area contributed by atoms with Crippen LogP contribution >= 0.6 is 0 Å². The lowest BCUT2D eigenvalue weighted by molar-refractivity contribution is -0.127. The summed E-state index contributed by atoms with van der Waals surface area (Å²) in [6.45, 7) is 9.96. The fraction of sp³-hybridized carbons (Fsp3) is 0.706. The van der Waals surface area contributed by atoms with E-state index in [0.717, 1.165) is 45.6 Å². The highest BCUT2D eigenvalue weighted by atomic mass is 16.5. The lowest BCUT2D eigenvalue weighted by Gasteiger charge is -2.37. The quantitative estimate of drug-likeness (QED) is 0.675. The summed E-state index contributed by atoms with van der Waals surface area (Å²) in [5, 5.41) is 9.46. The van der Waals surface area contributed by atoms with Crippen LogP contribution in [0.15, 0.2) is 10.6 Å². The van der Waals surface area contributed by atoms with Gasteiger partial charge in [0.1, 0.15) is 5.76 Å². The molecule has 0 radical (unpaired) electrons. The fourth-order valence-electron chi connectivity index (χ4n) is 2.82. The number of anilines is 1. The molecule has 8 nitrogen and oxygen atoms in total. The van der Waals surface area contributed by atoms with Crippen molar-refractivity contribution in [1.29, 1.82) is 0 Å². The number of nitrogens with zero attached hydrogens (tertiary/aromatic N) is 3. The maximum Gasteiger partial charge on any atom is 0.239 e. The Morgan fingerprint density at radius 2 is 2.04 bits per heavy atom. The van der Waals surface area contributed by atoms with Crippen LogP contribution in [0.3, 0.4) is 0 Å². The average Bonchev–Trinajstić information content (AvgIpc) is 2.99. The third kappa shape index (κ3) is 6.13. The maximum atomic E-state index is 12.1. The van der Waals surface area contributed by atoms with Crippen molar-refractivity contribution < 1.29 is 14.1 Å². The Balaban J connectivity index is 1.70. The lowest BCUT2D eigenvalue weighted by atomic mass is 10.2. The second-order valence-electron chi connectivity index (χ2n) is 6.50. The van der Waals surface area contributed by atoms with Crippen LogP contribution in [0.2, 0.25) is 0 Å². The molecule has 1 fully saturated rings. The zero-order valence-corrected chi connectivity index (χ0v) is 15.4. The van der Waals surface area contributed by atoms with Gasteiger partial charge in [-0.05, 0) is 20.3 Å². The topological polar surface area (TPSA) is 90.7 Å². The first-order valence-corrected chi connectivity index (χ1v) is 8.97. The maximum absolute atomic E-state index is 12.1. The van der Waals surface area contributed by atoms with Gasteiger partial charge in [0.05, 0.1) is 12.6 Å². The van der Waals surface area contributed by atoms with E-state index in [4.69, 9.17) is 4.52 Å². The predicted molar refractivity (Wildman–Crippen MR) is 95.3 cm³/mol. The number of piperazine rings is 1. The Morgan fingerprint density at radius 3 is 2.64 bits per heavy atom. The van der Waals surface area contributed by atoms with E-state index in [-0.39, 0.29) is 17.9 Å². The van der Waals surface area contributed by atoms with Crippen molar-refractivity contribution in [2.45, 2.75) is 39.7 Å². The Morgan fingerprint density at radius 1 is 1.32 bits per heavy atom. The van der Waals surface area contributed by atoms with Gasteiger partial charge < -0.3 is 15.2 Å². The lowest BCUT2D eigenvalue weighted by Crippen LogP contribution is -2.54. The van der Waals surface area contributed by atoms with Crippen molar-refractivity contribution in [1.82, 2.24) is 20.3 Å². The molecule has 1 saturated heterocycles. The summed E-state index contributed by atoms with van der Waals surface area (Å²) in [4.78, 5) is 28.4. The van der Waals surface area contributed by atoms with Crippen LogP contribution in [0.25, 0.3) is 0 Å². The molecule has 1 unspecified atom stereocenters. The summed E-state index contributed by atoms with van der Waals surface area (Å²) in [6, 6.07) is 1.56. The van der Waals surface area contributed by atoms with Gasteiger partial charge in [0, 0.05) is 38.8 Å². The van der Waals surface area contributed by atoms with E-state index in [2.05, 4.69) is 32.5 Å². The van der Waals surface area contributed by atoms with Crippen LogP contribution in [-0.4, -0.2) is 72.1 Å². The molecular formula is C17H29N5O3. The summed E-state index contributed by atoms with van der Waals surface area (Å²) in [5.74, 6) is 1.08. The minimum Gasteiger partial charge on any atom is -0.360 e. The number of nitrogens with one attached hydrogen (secondary N) is 2. The van der Waals surface area contributed by atoms with Gasteiger partial charge >= 0.3 is 0 Å². The monoisotopic (exact) mass is 351 g/mol. The first kappa shape index (κ1) is 19.4. The Bertz CT molecular complexity index is 566. The van der Waals surface area contributed by atoms with Crippen molar-refractivity contribution in [2.75, 3.05) is 44.6 Å². The van der Waals surface area contributed by atoms with Crippen LogP contribution < -0.4 is 10.6 Å². The van der Waals surface area contributed by atoms with E-state index >= 15 is 0 Å². The summed E-state index contributed by atoms with van der Waals surface area (Å²) in [6.07, 6.45) is 2.08.